The second kappa shape index (κ2) is 6.36. The number of benzene rings is 1. The highest BCUT2D eigenvalue weighted by Crippen LogP contribution is 2.25. The lowest BCUT2D eigenvalue weighted by Gasteiger charge is -2.18. The van der Waals surface area contributed by atoms with E-state index in [0.717, 1.165) is 0 Å². The maximum absolute atomic E-state index is 13.9. The fraction of sp³-hybridized carbons (Fsp3) is 0.429. The highest BCUT2D eigenvalue weighted by atomic mass is 19.1. The molecule has 0 aliphatic heterocycles. The molecule has 0 radical (unpaired) electrons. The Morgan fingerprint density at radius 1 is 1.35 bits per heavy atom. The van der Waals surface area contributed by atoms with Gasteiger partial charge in [-0.1, -0.05) is 13.0 Å². The molecule has 92 valence electrons. The van der Waals surface area contributed by atoms with Gasteiger partial charge >= 0.3 is 0 Å². The van der Waals surface area contributed by atoms with E-state index in [1.54, 1.807) is 13.8 Å². The third-order valence-electron chi connectivity index (χ3n) is 2.60. The number of rotatable bonds is 4. The standard InChI is InChI=1S/C14H17F2N/c1-4-6-7-12(17-5-2)13-11(15)9-8-10(3)14(13)16/h8-9,12,17H,5,7H2,1-3H3. The summed E-state index contributed by atoms with van der Waals surface area (Å²) in [5.41, 5.74) is 0.545. The van der Waals surface area contributed by atoms with E-state index < -0.39 is 17.7 Å². The van der Waals surface area contributed by atoms with Crippen LogP contribution in [0.1, 0.15) is 37.4 Å². The van der Waals surface area contributed by atoms with Gasteiger partial charge < -0.3 is 5.32 Å². The van der Waals surface area contributed by atoms with E-state index >= 15 is 0 Å². The molecule has 1 rings (SSSR count). The van der Waals surface area contributed by atoms with Crippen molar-refractivity contribution < 1.29 is 8.78 Å². The molecule has 0 aliphatic rings. The SMILES string of the molecule is CC#CCC(NCC)c1c(F)ccc(C)c1F. The Hall–Kier alpha value is -1.40. The Labute approximate surface area is 101 Å². The Morgan fingerprint density at radius 3 is 2.65 bits per heavy atom. The minimum absolute atomic E-state index is 0.0922. The van der Waals surface area contributed by atoms with Crippen LogP contribution in [0.15, 0.2) is 12.1 Å². The van der Waals surface area contributed by atoms with Crippen molar-refractivity contribution in [2.45, 2.75) is 33.2 Å². The van der Waals surface area contributed by atoms with Crippen LogP contribution in [0.25, 0.3) is 0 Å². The van der Waals surface area contributed by atoms with Gasteiger partial charge in [0.1, 0.15) is 11.6 Å². The summed E-state index contributed by atoms with van der Waals surface area (Å²) in [5, 5.41) is 3.06. The van der Waals surface area contributed by atoms with Gasteiger partial charge in [-0.2, -0.15) is 0 Å². The molecule has 1 atom stereocenters. The van der Waals surface area contributed by atoms with Crippen molar-refractivity contribution >= 4 is 0 Å². The zero-order valence-electron chi connectivity index (χ0n) is 10.4. The molecule has 1 nitrogen and oxygen atoms in total. The van der Waals surface area contributed by atoms with Gasteiger partial charge in [0, 0.05) is 18.0 Å². The molecule has 1 unspecified atom stereocenters. The molecule has 1 aromatic carbocycles. The molecule has 17 heavy (non-hydrogen) atoms. The van der Waals surface area contributed by atoms with Crippen LogP contribution < -0.4 is 5.32 Å². The predicted molar refractivity (Wildman–Crippen MR) is 65.6 cm³/mol. The molecule has 0 heterocycles. The van der Waals surface area contributed by atoms with Crippen LogP contribution in [-0.2, 0) is 0 Å². The fourth-order valence-electron chi connectivity index (χ4n) is 1.72. The first kappa shape index (κ1) is 13.7. The van der Waals surface area contributed by atoms with Crippen LogP contribution in [0.2, 0.25) is 0 Å². The van der Waals surface area contributed by atoms with Crippen molar-refractivity contribution in [2.24, 2.45) is 0 Å². The molecule has 0 aliphatic carbocycles. The van der Waals surface area contributed by atoms with Crippen LogP contribution in [0.5, 0.6) is 0 Å². The second-order valence-corrected chi connectivity index (χ2v) is 3.83. The molecule has 3 heteroatoms. The molecule has 0 fully saturated rings. The number of hydrogen-bond donors (Lipinski definition) is 1. The van der Waals surface area contributed by atoms with Crippen LogP contribution >= 0.6 is 0 Å². The summed E-state index contributed by atoms with van der Waals surface area (Å²) in [6.07, 6.45) is 0.404. The fourth-order valence-corrected chi connectivity index (χ4v) is 1.72. The number of halogens is 2. The van der Waals surface area contributed by atoms with E-state index in [1.165, 1.54) is 12.1 Å². The zero-order valence-corrected chi connectivity index (χ0v) is 10.4. The molecule has 1 aromatic rings. The summed E-state index contributed by atoms with van der Waals surface area (Å²) in [7, 11) is 0. The molecular weight excluding hydrogens is 220 g/mol. The summed E-state index contributed by atoms with van der Waals surface area (Å²) < 4.78 is 27.6. The summed E-state index contributed by atoms with van der Waals surface area (Å²) in [4.78, 5) is 0. The van der Waals surface area contributed by atoms with Crippen molar-refractivity contribution in [3.8, 4) is 11.8 Å². The first-order chi connectivity index (χ1) is 8.11. The van der Waals surface area contributed by atoms with Crippen molar-refractivity contribution in [3.63, 3.8) is 0 Å². The minimum Gasteiger partial charge on any atom is -0.309 e. The molecule has 0 aromatic heterocycles. The lowest BCUT2D eigenvalue weighted by molar-refractivity contribution is 0.477. The van der Waals surface area contributed by atoms with E-state index in [-0.39, 0.29) is 5.56 Å². The molecule has 0 spiro atoms. The van der Waals surface area contributed by atoms with E-state index in [4.69, 9.17) is 0 Å². The topological polar surface area (TPSA) is 12.0 Å². The van der Waals surface area contributed by atoms with Crippen molar-refractivity contribution in [1.29, 1.82) is 0 Å². The van der Waals surface area contributed by atoms with Gasteiger partial charge in [0.05, 0.1) is 0 Å². The highest BCUT2D eigenvalue weighted by molar-refractivity contribution is 5.30. The smallest absolute Gasteiger partial charge is 0.133 e. The molecular formula is C14H17F2N. The molecule has 1 N–H and O–H groups in total. The van der Waals surface area contributed by atoms with Crippen molar-refractivity contribution in [3.05, 3.63) is 34.9 Å². The first-order valence-electron chi connectivity index (χ1n) is 5.69. The number of nitrogens with one attached hydrogen (secondary N) is 1. The maximum atomic E-state index is 13.9. The third-order valence-corrected chi connectivity index (χ3v) is 2.60. The average Bonchev–Trinajstić information content (AvgIpc) is 2.31. The Balaban J connectivity index is 3.15. The number of hydrogen-bond acceptors (Lipinski definition) is 1. The molecule has 0 amide bonds. The van der Waals surface area contributed by atoms with E-state index in [2.05, 4.69) is 17.2 Å². The largest absolute Gasteiger partial charge is 0.309 e. The summed E-state index contributed by atoms with van der Waals surface area (Å²) in [6, 6.07) is 2.35. The van der Waals surface area contributed by atoms with E-state index in [0.29, 0.717) is 18.5 Å². The Kier molecular flexibility index (Phi) is 5.11. The van der Waals surface area contributed by atoms with Gasteiger partial charge in [-0.3, -0.25) is 0 Å². The van der Waals surface area contributed by atoms with Gasteiger partial charge in [-0.15, -0.1) is 11.8 Å². The summed E-state index contributed by atoms with van der Waals surface area (Å²) in [5.74, 6) is 4.61. The Bertz CT molecular complexity index is 444. The van der Waals surface area contributed by atoms with Crippen LogP contribution in [0.4, 0.5) is 8.78 Å². The Morgan fingerprint density at radius 2 is 2.06 bits per heavy atom. The van der Waals surface area contributed by atoms with E-state index in [1.807, 2.05) is 6.92 Å². The zero-order chi connectivity index (χ0) is 12.8. The van der Waals surface area contributed by atoms with Gasteiger partial charge in [-0.25, -0.2) is 8.78 Å². The second-order valence-electron chi connectivity index (χ2n) is 3.83. The quantitative estimate of drug-likeness (QED) is 0.792. The monoisotopic (exact) mass is 237 g/mol. The third kappa shape index (κ3) is 3.28. The molecule has 0 bridgehead atoms. The van der Waals surface area contributed by atoms with Crippen LogP contribution in [-0.4, -0.2) is 6.54 Å². The van der Waals surface area contributed by atoms with Gasteiger partial charge in [0.15, 0.2) is 0 Å². The van der Waals surface area contributed by atoms with E-state index in [9.17, 15) is 8.78 Å². The summed E-state index contributed by atoms with van der Waals surface area (Å²) >= 11 is 0. The average molecular weight is 237 g/mol. The van der Waals surface area contributed by atoms with Gasteiger partial charge in [-0.05, 0) is 32.0 Å². The molecule has 0 saturated carbocycles. The predicted octanol–water partition coefficient (Wildman–Crippen LogP) is 3.34. The lowest BCUT2D eigenvalue weighted by atomic mass is 10.00. The van der Waals surface area contributed by atoms with Gasteiger partial charge in [0.25, 0.3) is 0 Å². The number of aryl methyl sites for hydroxylation is 1. The minimum atomic E-state index is -0.517. The van der Waals surface area contributed by atoms with Gasteiger partial charge in [0.2, 0.25) is 0 Å². The summed E-state index contributed by atoms with van der Waals surface area (Å²) in [6.45, 7) is 5.89. The lowest BCUT2D eigenvalue weighted by Crippen LogP contribution is -2.23. The van der Waals surface area contributed by atoms with Crippen molar-refractivity contribution in [2.75, 3.05) is 6.54 Å². The normalized spacial score (nSPS) is 11.8. The maximum Gasteiger partial charge on any atom is 0.133 e. The van der Waals surface area contributed by atoms with Crippen molar-refractivity contribution in [1.82, 2.24) is 5.32 Å². The van der Waals surface area contributed by atoms with Crippen LogP contribution in [0, 0.1) is 30.4 Å². The molecule has 0 saturated heterocycles. The first-order valence-corrected chi connectivity index (χ1v) is 5.69. The van der Waals surface area contributed by atoms with Crippen LogP contribution in [0.3, 0.4) is 0 Å². The highest BCUT2D eigenvalue weighted by Gasteiger charge is 2.19.